The van der Waals surface area contributed by atoms with E-state index in [0.29, 0.717) is 0 Å². The maximum Gasteiger partial charge on any atom is 0.0910 e. The fourth-order valence-electron chi connectivity index (χ4n) is 1.36. The van der Waals surface area contributed by atoms with Gasteiger partial charge in [0, 0.05) is 5.41 Å². The summed E-state index contributed by atoms with van der Waals surface area (Å²) < 4.78 is 1.72. The van der Waals surface area contributed by atoms with E-state index >= 15 is 0 Å². The molecule has 0 aliphatic carbocycles. The van der Waals surface area contributed by atoms with Crippen LogP contribution < -0.4 is 0 Å². The molecule has 0 saturated heterocycles. The lowest BCUT2D eigenvalue weighted by Gasteiger charge is -2.17. The fraction of sp³-hybridized carbons (Fsp3) is 0.333. The van der Waals surface area contributed by atoms with E-state index in [1.165, 1.54) is 0 Å². The zero-order valence-corrected chi connectivity index (χ0v) is 9.46. The minimum atomic E-state index is -0.354. The summed E-state index contributed by atoms with van der Waals surface area (Å²) in [6.07, 6.45) is 1.85. The maximum absolute atomic E-state index is 9.25. The minimum absolute atomic E-state index is 0.0560. The third kappa shape index (κ3) is 1.97. The van der Waals surface area contributed by atoms with E-state index in [0.717, 1.165) is 11.4 Å². The first-order chi connectivity index (χ1) is 7.63. The number of aliphatic hydroxyl groups is 1. The third-order valence-corrected chi connectivity index (χ3v) is 2.60. The Kier molecular flexibility index (Phi) is 2.75. The summed E-state index contributed by atoms with van der Waals surface area (Å²) in [5.74, 6) is 0. The van der Waals surface area contributed by atoms with Crippen molar-refractivity contribution in [3.05, 3.63) is 42.2 Å². The summed E-state index contributed by atoms with van der Waals surface area (Å²) in [6.45, 7) is 3.93. The van der Waals surface area contributed by atoms with E-state index in [-0.39, 0.29) is 12.0 Å². The average Bonchev–Trinajstić information content (AvgIpc) is 2.80. The topological polar surface area (TPSA) is 50.9 Å². The van der Waals surface area contributed by atoms with Gasteiger partial charge in [-0.05, 0) is 12.1 Å². The molecule has 1 heterocycles. The zero-order valence-electron chi connectivity index (χ0n) is 9.46. The van der Waals surface area contributed by atoms with Crippen molar-refractivity contribution >= 4 is 0 Å². The molecule has 0 saturated carbocycles. The summed E-state index contributed by atoms with van der Waals surface area (Å²) >= 11 is 0. The SMILES string of the molecule is CC(C)(CO)c1cn(-c2ccccc2)nn1. The highest BCUT2D eigenvalue weighted by Gasteiger charge is 2.23. The smallest absolute Gasteiger partial charge is 0.0910 e. The Morgan fingerprint density at radius 2 is 1.94 bits per heavy atom. The van der Waals surface area contributed by atoms with Crippen molar-refractivity contribution in [2.24, 2.45) is 0 Å². The molecule has 4 nitrogen and oxygen atoms in total. The second-order valence-electron chi connectivity index (χ2n) is 4.43. The van der Waals surface area contributed by atoms with Gasteiger partial charge in [0.05, 0.1) is 24.2 Å². The average molecular weight is 217 g/mol. The van der Waals surface area contributed by atoms with Crippen molar-refractivity contribution < 1.29 is 5.11 Å². The molecule has 0 fully saturated rings. The molecule has 2 rings (SSSR count). The van der Waals surface area contributed by atoms with Crippen LogP contribution in [0.25, 0.3) is 5.69 Å². The number of aromatic nitrogens is 3. The Balaban J connectivity index is 2.34. The monoisotopic (exact) mass is 217 g/mol. The van der Waals surface area contributed by atoms with Crippen LogP contribution in [0.1, 0.15) is 19.5 Å². The summed E-state index contributed by atoms with van der Waals surface area (Å²) in [7, 11) is 0. The number of para-hydroxylation sites is 1. The molecule has 4 heteroatoms. The summed E-state index contributed by atoms with van der Waals surface area (Å²) in [4.78, 5) is 0. The molecule has 0 aliphatic rings. The van der Waals surface area contributed by atoms with Crippen LogP contribution in [-0.2, 0) is 5.41 Å². The van der Waals surface area contributed by atoms with E-state index in [1.54, 1.807) is 4.68 Å². The van der Waals surface area contributed by atoms with Gasteiger partial charge >= 0.3 is 0 Å². The van der Waals surface area contributed by atoms with Crippen LogP contribution in [0.3, 0.4) is 0 Å². The van der Waals surface area contributed by atoms with Gasteiger partial charge in [0.25, 0.3) is 0 Å². The highest BCUT2D eigenvalue weighted by atomic mass is 16.3. The molecule has 0 unspecified atom stereocenters. The van der Waals surface area contributed by atoms with E-state index in [4.69, 9.17) is 0 Å². The highest BCUT2D eigenvalue weighted by molar-refractivity contribution is 5.30. The Morgan fingerprint density at radius 3 is 2.56 bits per heavy atom. The van der Waals surface area contributed by atoms with Gasteiger partial charge in [-0.2, -0.15) is 0 Å². The zero-order chi connectivity index (χ0) is 11.6. The molecular weight excluding hydrogens is 202 g/mol. The van der Waals surface area contributed by atoms with Crippen LogP contribution in [0.5, 0.6) is 0 Å². The molecule has 0 amide bonds. The van der Waals surface area contributed by atoms with Gasteiger partial charge in [0.1, 0.15) is 0 Å². The van der Waals surface area contributed by atoms with E-state index < -0.39 is 0 Å². The predicted molar refractivity (Wildman–Crippen MR) is 61.5 cm³/mol. The number of aliphatic hydroxyl groups excluding tert-OH is 1. The summed E-state index contributed by atoms with van der Waals surface area (Å²) in [6, 6.07) is 9.79. The Bertz CT molecular complexity index is 462. The normalized spacial score (nSPS) is 11.7. The van der Waals surface area contributed by atoms with Crippen LogP contribution in [0, 0.1) is 0 Å². The third-order valence-electron chi connectivity index (χ3n) is 2.60. The number of hydrogen-bond donors (Lipinski definition) is 1. The van der Waals surface area contributed by atoms with Crippen LogP contribution in [-0.4, -0.2) is 26.7 Å². The largest absolute Gasteiger partial charge is 0.395 e. The van der Waals surface area contributed by atoms with Crippen LogP contribution in [0.15, 0.2) is 36.5 Å². The quantitative estimate of drug-likeness (QED) is 0.848. The molecule has 1 N–H and O–H groups in total. The Labute approximate surface area is 94.5 Å². The second kappa shape index (κ2) is 4.06. The second-order valence-corrected chi connectivity index (χ2v) is 4.43. The molecule has 16 heavy (non-hydrogen) atoms. The molecule has 1 aromatic carbocycles. The lowest BCUT2D eigenvalue weighted by Crippen LogP contribution is -2.22. The van der Waals surface area contributed by atoms with Gasteiger partial charge in [-0.25, -0.2) is 4.68 Å². The molecule has 1 aromatic heterocycles. The van der Waals surface area contributed by atoms with Gasteiger partial charge in [-0.15, -0.1) is 5.10 Å². The van der Waals surface area contributed by atoms with Crippen molar-refractivity contribution in [2.45, 2.75) is 19.3 Å². The highest BCUT2D eigenvalue weighted by Crippen LogP contribution is 2.20. The van der Waals surface area contributed by atoms with Crippen LogP contribution >= 0.6 is 0 Å². The predicted octanol–water partition coefficient (Wildman–Crippen LogP) is 1.54. The van der Waals surface area contributed by atoms with E-state index in [1.807, 2.05) is 50.4 Å². The minimum Gasteiger partial charge on any atom is -0.395 e. The number of rotatable bonds is 3. The molecule has 0 radical (unpaired) electrons. The Hall–Kier alpha value is -1.68. The summed E-state index contributed by atoms with van der Waals surface area (Å²) in [5.41, 5.74) is 1.40. The summed E-state index contributed by atoms with van der Waals surface area (Å²) in [5, 5.41) is 17.4. The first-order valence-corrected chi connectivity index (χ1v) is 5.22. The first-order valence-electron chi connectivity index (χ1n) is 5.22. The van der Waals surface area contributed by atoms with Crippen molar-refractivity contribution in [3.8, 4) is 5.69 Å². The van der Waals surface area contributed by atoms with Gasteiger partial charge in [0.2, 0.25) is 0 Å². The number of benzene rings is 1. The number of hydrogen-bond acceptors (Lipinski definition) is 3. The van der Waals surface area contributed by atoms with Gasteiger partial charge < -0.3 is 5.11 Å². The van der Waals surface area contributed by atoms with Crippen molar-refractivity contribution in [3.63, 3.8) is 0 Å². The van der Waals surface area contributed by atoms with Crippen molar-refractivity contribution in [1.29, 1.82) is 0 Å². The lowest BCUT2D eigenvalue weighted by atomic mass is 9.91. The van der Waals surface area contributed by atoms with E-state index in [2.05, 4.69) is 10.3 Å². The first kappa shape index (κ1) is 10.8. The van der Waals surface area contributed by atoms with Crippen LogP contribution in [0.2, 0.25) is 0 Å². The fourth-order valence-corrected chi connectivity index (χ4v) is 1.36. The molecule has 84 valence electrons. The molecule has 0 spiro atoms. The molecular formula is C12H15N3O. The van der Waals surface area contributed by atoms with Crippen LogP contribution in [0.4, 0.5) is 0 Å². The standard InChI is InChI=1S/C12H15N3O/c1-12(2,9-16)11-8-15(14-13-11)10-6-4-3-5-7-10/h3-8,16H,9H2,1-2H3. The van der Waals surface area contributed by atoms with Crippen molar-refractivity contribution in [1.82, 2.24) is 15.0 Å². The van der Waals surface area contributed by atoms with Crippen molar-refractivity contribution in [2.75, 3.05) is 6.61 Å². The molecule has 2 aromatic rings. The maximum atomic E-state index is 9.25. The molecule has 0 aliphatic heterocycles. The Morgan fingerprint density at radius 1 is 1.25 bits per heavy atom. The number of nitrogens with zero attached hydrogens (tertiary/aromatic N) is 3. The van der Waals surface area contributed by atoms with Gasteiger partial charge in [0.15, 0.2) is 0 Å². The van der Waals surface area contributed by atoms with Gasteiger partial charge in [-0.1, -0.05) is 37.3 Å². The molecule has 0 atom stereocenters. The molecule has 0 bridgehead atoms. The van der Waals surface area contributed by atoms with Gasteiger partial charge in [-0.3, -0.25) is 0 Å². The van der Waals surface area contributed by atoms with E-state index in [9.17, 15) is 5.11 Å². The lowest BCUT2D eigenvalue weighted by molar-refractivity contribution is 0.215.